The van der Waals surface area contributed by atoms with Gasteiger partial charge in [-0.15, -0.1) is 11.3 Å². The second-order valence-electron chi connectivity index (χ2n) is 3.44. The second-order valence-corrected chi connectivity index (χ2v) is 4.74. The lowest BCUT2D eigenvalue weighted by Gasteiger charge is -2.08. The molecule has 0 atom stereocenters. The first-order valence-corrected chi connectivity index (χ1v) is 6.71. The van der Waals surface area contributed by atoms with Crippen LogP contribution < -0.4 is 15.4 Å². The number of aromatic nitrogens is 1. The Morgan fingerprint density at radius 2 is 2.16 bits per heavy atom. The fraction of sp³-hybridized carbons (Fsp3) is 0.0833. The summed E-state index contributed by atoms with van der Waals surface area (Å²) in [5, 5.41) is 7.96. The maximum absolute atomic E-state index is 11.6. The number of hydrogen-bond acceptors (Lipinski definition) is 5. The van der Waals surface area contributed by atoms with E-state index in [-0.39, 0.29) is 17.6 Å². The minimum atomic E-state index is -0.321. The van der Waals surface area contributed by atoms with E-state index in [9.17, 15) is 4.79 Å². The fourth-order valence-corrected chi connectivity index (χ4v) is 2.05. The van der Waals surface area contributed by atoms with E-state index in [1.807, 2.05) is 23.6 Å². The predicted molar refractivity (Wildman–Crippen MR) is 78.4 cm³/mol. The van der Waals surface area contributed by atoms with Crippen LogP contribution in [-0.2, 0) is 4.79 Å². The molecule has 19 heavy (non-hydrogen) atoms. The molecule has 0 aliphatic carbocycles. The molecule has 0 fully saturated rings. The van der Waals surface area contributed by atoms with Gasteiger partial charge in [0, 0.05) is 11.6 Å². The number of anilines is 1. The van der Waals surface area contributed by atoms with Gasteiger partial charge in [-0.2, -0.15) is 0 Å². The van der Waals surface area contributed by atoms with Crippen LogP contribution in [0.5, 0.6) is 5.75 Å². The lowest BCUT2D eigenvalue weighted by molar-refractivity contribution is -0.121. The molecular weight excluding hydrogens is 282 g/mol. The number of benzene rings is 1. The van der Waals surface area contributed by atoms with E-state index >= 15 is 0 Å². The molecule has 2 N–H and O–H groups in total. The number of ether oxygens (including phenoxy) is 1. The Kier molecular flexibility index (Phi) is 4.82. The van der Waals surface area contributed by atoms with E-state index in [4.69, 9.17) is 17.0 Å². The molecule has 0 spiro atoms. The number of carbonyl (C=O) groups excluding carboxylic acids is 1. The molecule has 0 radical (unpaired) electrons. The van der Waals surface area contributed by atoms with Crippen molar-refractivity contribution >= 4 is 39.7 Å². The maximum atomic E-state index is 11.6. The summed E-state index contributed by atoms with van der Waals surface area (Å²) in [7, 11) is 0. The molecule has 1 amide bonds. The molecule has 0 aliphatic heterocycles. The number of nitrogens with one attached hydrogen (secondary N) is 2. The minimum Gasteiger partial charge on any atom is -0.484 e. The number of carbonyl (C=O) groups is 1. The zero-order valence-electron chi connectivity index (χ0n) is 9.83. The Labute approximate surface area is 119 Å². The number of para-hydroxylation sites is 1. The molecule has 1 aromatic heterocycles. The van der Waals surface area contributed by atoms with Gasteiger partial charge >= 0.3 is 0 Å². The Bertz CT molecular complexity index is 543. The molecule has 1 aromatic carbocycles. The van der Waals surface area contributed by atoms with Crippen LogP contribution in [0.25, 0.3) is 0 Å². The summed E-state index contributed by atoms with van der Waals surface area (Å²) in [6, 6.07) is 9.10. The van der Waals surface area contributed by atoms with Crippen LogP contribution in [0.3, 0.4) is 0 Å². The quantitative estimate of drug-likeness (QED) is 0.845. The van der Waals surface area contributed by atoms with Crippen molar-refractivity contribution in [1.29, 1.82) is 0 Å². The Morgan fingerprint density at radius 3 is 2.84 bits per heavy atom. The standard InChI is InChI=1S/C12H11N3O2S2/c16-10(8-17-9-4-2-1-3-5-9)14-11(18)15-12-13-6-7-19-12/h1-7H,8H2,(H2,13,14,15,16,18). The third kappa shape index (κ3) is 4.65. The SMILES string of the molecule is O=C(COc1ccccc1)NC(=S)Nc1nccs1. The zero-order chi connectivity index (χ0) is 13.5. The summed E-state index contributed by atoms with van der Waals surface area (Å²) in [6.45, 7) is -0.0935. The number of nitrogens with zero attached hydrogens (tertiary/aromatic N) is 1. The average molecular weight is 293 g/mol. The smallest absolute Gasteiger partial charge is 0.264 e. The number of rotatable bonds is 4. The van der Waals surface area contributed by atoms with Gasteiger partial charge in [0.05, 0.1) is 0 Å². The molecule has 0 aliphatic rings. The van der Waals surface area contributed by atoms with E-state index in [0.717, 1.165) is 0 Å². The summed E-state index contributed by atoms with van der Waals surface area (Å²) in [5.74, 6) is 0.314. The predicted octanol–water partition coefficient (Wildman–Crippen LogP) is 2.04. The molecular formula is C12H11N3O2S2. The number of hydrogen-bond donors (Lipinski definition) is 2. The molecule has 98 valence electrons. The molecule has 7 heteroatoms. The first-order chi connectivity index (χ1) is 9.24. The van der Waals surface area contributed by atoms with Crippen LogP contribution in [0.4, 0.5) is 5.13 Å². The molecule has 5 nitrogen and oxygen atoms in total. The Balaban J connectivity index is 1.74. The van der Waals surface area contributed by atoms with Gasteiger partial charge in [-0.05, 0) is 24.4 Å². The lowest BCUT2D eigenvalue weighted by Crippen LogP contribution is -2.37. The van der Waals surface area contributed by atoms with Gasteiger partial charge in [0.25, 0.3) is 5.91 Å². The highest BCUT2D eigenvalue weighted by Crippen LogP contribution is 2.10. The van der Waals surface area contributed by atoms with Crippen molar-refractivity contribution < 1.29 is 9.53 Å². The maximum Gasteiger partial charge on any atom is 0.264 e. The first kappa shape index (κ1) is 13.4. The van der Waals surface area contributed by atoms with Crippen LogP contribution >= 0.6 is 23.6 Å². The monoisotopic (exact) mass is 293 g/mol. The fourth-order valence-electron chi connectivity index (χ4n) is 1.24. The Hall–Kier alpha value is -1.99. The third-order valence-corrected chi connectivity index (χ3v) is 2.91. The van der Waals surface area contributed by atoms with Crippen molar-refractivity contribution in [3.05, 3.63) is 41.9 Å². The van der Waals surface area contributed by atoms with E-state index in [2.05, 4.69) is 15.6 Å². The highest BCUT2D eigenvalue weighted by molar-refractivity contribution is 7.80. The van der Waals surface area contributed by atoms with Crippen molar-refractivity contribution in [3.8, 4) is 5.75 Å². The average Bonchev–Trinajstić information content (AvgIpc) is 2.90. The summed E-state index contributed by atoms with van der Waals surface area (Å²) in [4.78, 5) is 15.6. The lowest BCUT2D eigenvalue weighted by atomic mass is 10.3. The largest absolute Gasteiger partial charge is 0.484 e. The Morgan fingerprint density at radius 1 is 1.37 bits per heavy atom. The van der Waals surface area contributed by atoms with E-state index in [0.29, 0.717) is 10.9 Å². The van der Waals surface area contributed by atoms with Gasteiger partial charge < -0.3 is 10.1 Å². The molecule has 2 aromatic rings. The normalized spacial score (nSPS) is 9.68. The molecule has 1 heterocycles. The van der Waals surface area contributed by atoms with Crippen molar-refractivity contribution in [2.75, 3.05) is 11.9 Å². The van der Waals surface area contributed by atoms with Gasteiger partial charge in [-0.1, -0.05) is 18.2 Å². The number of thiazole rings is 1. The van der Waals surface area contributed by atoms with E-state index in [1.165, 1.54) is 11.3 Å². The zero-order valence-corrected chi connectivity index (χ0v) is 11.5. The minimum absolute atomic E-state index is 0.0935. The van der Waals surface area contributed by atoms with Crippen LogP contribution in [0.15, 0.2) is 41.9 Å². The summed E-state index contributed by atoms with van der Waals surface area (Å²) in [6.07, 6.45) is 1.65. The van der Waals surface area contributed by atoms with E-state index < -0.39 is 0 Å². The first-order valence-electron chi connectivity index (χ1n) is 5.42. The summed E-state index contributed by atoms with van der Waals surface area (Å²) in [5.41, 5.74) is 0. The van der Waals surface area contributed by atoms with Gasteiger partial charge in [-0.3, -0.25) is 10.1 Å². The second kappa shape index (κ2) is 6.81. The number of thiocarbonyl (C=S) groups is 1. The molecule has 0 saturated carbocycles. The summed E-state index contributed by atoms with van der Waals surface area (Å²) >= 11 is 6.37. The highest BCUT2D eigenvalue weighted by atomic mass is 32.1. The topological polar surface area (TPSA) is 63.2 Å². The van der Waals surface area contributed by atoms with Gasteiger partial charge in [0.15, 0.2) is 16.9 Å². The van der Waals surface area contributed by atoms with Gasteiger partial charge in [0.1, 0.15) is 5.75 Å². The molecule has 0 unspecified atom stereocenters. The van der Waals surface area contributed by atoms with Crippen LogP contribution in [0, 0.1) is 0 Å². The molecule has 0 bridgehead atoms. The van der Waals surface area contributed by atoms with Gasteiger partial charge in [-0.25, -0.2) is 4.98 Å². The van der Waals surface area contributed by atoms with Crippen molar-refractivity contribution in [3.63, 3.8) is 0 Å². The molecule has 2 rings (SSSR count). The van der Waals surface area contributed by atoms with Crippen molar-refractivity contribution in [2.45, 2.75) is 0 Å². The van der Waals surface area contributed by atoms with Crippen LogP contribution in [0.1, 0.15) is 0 Å². The molecule has 0 saturated heterocycles. The van der Waals surface area contributed by atoms with Crippen LogP contribution in [0.2, 0.25) is 0 Å². The summed E-state index contributed by atoms with van der Waals surface area (Å²) < 4.78 is 5.29. The highest BCUT2D eigenvalue weighted by Gasteiger charge is 2.06. The third-order valence-electron chi connectivity index (χ3n) is 2.02. The van der Waals surface area contributed by atoms with Crippen molar-refractivity contribution in [2.24, 2.45) is 0 Å². The van der Waals surface area contributed by atoms with Crippen LogP contribution in [-0.4, -0.2) is 22.6 Å². The number of amides is 1. The van der Waals surface area contributed by atoms with E-state index in [1.54, 1.807) is 18.3 Å². The van der Waals surface area contributed by atoms with Crippen molar-refractivity contribution in [1.82, 2.24) is 10.3 Å². The van der Waals surface area contributed by atoms with Gasteiger partial charge in [0.2, 0.25) is 0 Å².